The van der Waals surface area contributed by atoms with Gasteiger partial charge >= 0.3 is 0 Å². The molecule has 104 valence electrons. The quantitative estimate of drug-likeness (QED) is 0.751. The minimum absolute atomic E-state index is 0.0209. The molecule has 0 aliphatic carbocycles. The predicted octanol–water partition coefficient (Wildman–Crippen LogP) is 2.92. The fraction of sp³-hybridized carbons (Fsp3) is 0.294. The zero-order chi connectivity index (χ0) is 13.9. The van der Waals surface area contributed by atoms with Crippen LogP contribution >= 0.6 is 0 Å². The minimum Gasteiger partial charge on any atom is -0.504 e. The smallest absolute Gasteiger partial charge is 0.157 e. The Morgan fingerprint density at radius 2 is 1.80 bits per heavy atom. The van der Waals surface area contributed by atoms with E-state index in [1.807, 2.05) is 6.07 Å². The van der Waals surface area contributed by atoms with Gasteiger partial charge in [-0.15, -0.1) is 0 Å². The van der Waals surface area contributed by atoms with E-state index in [2.05, 4.69) is 29.6 Å². The van der Waals surface area contributed by atoms with E-state index < -0.39 is 0 Å². The topological polar surface area (TPSA) is 52.5 Å². The van der Waals surface area contributed by atoms with Gasteiger partial charge in [-0.1, -0.05) is 30.3 Å². The van der Waals surface area contributed by atoms with Crippen LogP contribution in [0.3, 0.4) is 0 Å². The Morgan fingerprint density at radius 3 is 2.60 bits per heavy atom. The number of hydrogen-bond donors (Lipinski definition) is 3. The Hall–Kier alpha value is -2.00. The third-order valence-corrected chi connectivity index (χ3v) is 3.96. The molecule has 3 N–H and O–H groups in total. The molecule has 3 rings (SSSR count). The van der Waals surface area contributed by atoms with Gasteiger partial charge in [0.05, 0.1) is 0 Å². The van der Waals surface area contributed by atoms with Gasteiger partial charge in [-0.3, -0.25) is 0 Å². The average molecular weight is 269 g/mol. The maximum absolute atomic E-state index is 9.70. The standard InChI is InChI=1S/C17H19NO2/c19-16-10-13-8-9-18-15(14(13)11-17(16)20)7-6-12-4-2-1-3-5-12/h1-5,10-11,15,18-20H,6-9H2. The molecule has 20 heavy (non-hydrogen) atoms. The summed E-state index contributed by atoms with van der Waals surface area (Å²) in [6.07, 6.45) is 2.88. The molecule has 0 radical (unpaired) electrons. The number of aryl methyl sites for hydroxylation is 1. The molecular formula is C17H19NO2. The molecule has 1 atom stereocenters. The van der Waals surface area contributed by atoms with Gasteiger partial charge in [0.2, 0.25) is 0 Å². The molecule has 0 aromatic heterocycles. The Bertz CT molecular complexity index is 595. The third-order valence-electron chi connectivity index (χ3n) is 3.96. The van der Waals surface area contributed by atoms with E-state index in [1.54, 1.807) is 12.1 Å². The normalized spacial score (nSPS) is 17.7. The van der Waals surface area contributed by atoms with Crippen LogP contribution in [0.4, 0.5) is 0 Å². The van der Waals surface area contributed by atoms with Crippen LogP contribution in [0, 0.1) is 0 Å². The lowest BCUT2D eigenvalue weighted by Crippen LogP contribution is -2.30. The van der Waals surface area contributed by atoms with Crippen molar-refractivity contribution in [2.45, 2.75) is 25.3 Å². The first-order valence-electron chi connectivity index (χ1n) is 7.06. The van der Waals surface area contributed by atoms with E-state index in [-0.39, 0.29) is 17.5 Å². The SMILES string of the molecule is Oc1cc2c(cc1O)C(CCc1ccccc1)NCC2. The van der Waals surface area contributed by atoms with Crippen molar-refractivity contribution in [1.29, 1.82) is 0 Å². The highest BCUT2D eigenvalue weighted by Gasteiger charge is 2.21. The maximum atomic E-state index is 9.70. The average Bonchev–Trinajstić information content (AvgIpc) is 2.47. The minimum atomic E-state index is -0.0304. The lowest BCUT2D eigenvalue weighted by molar-refractivity contribution is 0.397. The first-order chi connectivity index (χ1) is 9.74. The van der Waals surface area contributed by atoms with Crippen LogP contribution in [0.2, 0.25) is 0 Å². The molecule has 0 spiro atoms. The molecule has 1 aliphatic heterocycles. The highest BCUT2D eigenvalue weighted by Crippen LogP contribution is 2.35. The number of phenols is 2. The number of fused-ring (bicyclic) bond motifs is 1. The van der Waals surface area contributed by atoms with Gasteiger partial charge in [0, 0.05) is 6.04 Å². The Kier molecular flexibility index (Phi) is 3.61. The molecule has 0 bridgehead atoms. The predicted molar refractivity (Wildman–Crippen MR) is 79.0 cm³/mol. The van der Waals surface area contributed by atoms with E-state index >= 15 is 0 Å². The summed E-state index contributed by atoms with van der Waals surface area (Å²) in [5.74, 6) is -0.0513. The van der Waals surface area contributed by atoms with Crippen LogP contribution in [0.5, 0.6) is 11.5 Å². The summed E-state index contributed by atoms with van der Waals surface area (Å²) in [6, 6.07) is 14.1. The van der Waals surface area contributed by atoms with Gasteiger partial charge < -0.3 is 15.5 Å². The number of hydrogen-bond acceptors (Lipinski definition) is 3. The molecule has 0 fully saturated rings. The number of nitrogens with one attached hydrogen (secondary N) is 1. The highest BCUT2D eigenvalue weighted by atomic mass is 16.3. The van der Waals surface area contributed by atoms with Crippen LogP contribution in [-0.2, 0) is 12.8 Å². The van der Waals surface area contributed by atoms with E-state index in [9.17, 15) is 10.2 Å². The van der Waals surface area contributed by atoms with Crippen molar-refractivity contribution in [3.05, 3.63) is 59.2 Å². The van der Waals surface area contributed by atoms with Gasteiger partial charge in [0.15, 0.2) is 11.5 Å². The van der Waals surface area contributed by atoms with Gasteiger partial charge in [0.25, 0.3) is 0 Å². The molecule has 2 aromatic rings. The molecule has 0 saturated heterocycles. The van der Waals surface area contributed by atoms with Crippen LogP contribution in [0.15, 0.2) is 42.5 Å². The summed E-state index contributed by atoms with van der Waals surface area (Å²) in [5.41, 5.74) is 3.57. The summed E-state index contributed by atoms with van der Waals surface area (Å²) in [7, 11) is 0. The molecule has 3 nitrogen and oxygen atoms in total. The van der Waals surface area contributed by atoms with Crippen LogP contribution in [0.25, 0.3) is 0 Å². The Balaban J connectivity index is 1.78. The molecule has 1 heterocycles. The summed E-state index contributed by atoms with van der Waals surface area (Å²) in [6.45, 7) is 0.913. The number of rotatable bonds is 3. The first kappa shape index (κ1) is 13.0. The molecule has 3 heteroatoms. The van der Waals surface area contributed by atoms with E-state index in [0.717, 1.165) is 36.9 Å². The second kappa shape index (κ2) is 5.55. The monoisotopic (exact) mass is 269 g/mol. The number of aromatic hydroxyl groups is 2. The molecule has 1 unspecified atom stereocenters. The lowest BCUT2D eigenvalue weighted by atomic mass is 9.90. The highest BCUT2D eigenvalue weighted by molar-refractivity contribution is 5.47. The first-order valence-corrected chi connectivity index (χ1v) is 7.06. The van der Waals surface area contributed by atoms with Gasteiger partial charge in [0.1, 0.15) is 0 Å². The zero-order valence-corrected chi connectivity index (χ0v) is 11.3. The summed E-state index contributed by atoms with van der Waals surface area (Å²) >= 11 is 0. The molecule has 1 aliphatic rings. The van der Waals surface area contributed by atoms with Gasteiger partial charge in [-0.05, 0) is 54.6 Å². The van der Waals surface area contributed by atoms with Crippen molar-refractivity contribution in [2.24, 2.45) is 0 Å². The summed E-state index contributed by atoms with van der Waals surface area (Å²) < 4.78 is 0. The van der Waals surface area contributed by atoms with Gasteiger partial charge in [-0.25, -0.2) is 0 Å². The lowest BCUT2D eigenvalue weighted by Gasteiger charge is -2.27. The molecule has 2 aromatic carbocycles. The Morgan fingerprint density at radius 1 is 1.05 bits per heavy atom. The van der Waals surface area contributed by atoms with Crippen molar-refractivity contribution >= 4 is 0 Å². The summed E-state index contributed by atoms with van der Waals surface area (Å²) in [5, 5.41) is 22.8. The fourth-order valence-electron chi connectivity index (χ4n) is 2.88. The fourth-order valence-corrected chi connectivity index (χ4v) is 2.88. The van der Waals surface area contributed by atoms with Crippen molar-refractivity contribution in [2.75, 3.05) is 6.54 Å². The van der Waals surface area contributed by atoms with Crippen LogP contribution in [-0.4, -0.2) is 16.8 Å². The van der Waals surface area contributed by atoms with Crippen molar-refractivity contribution in [3.63, 3.8) is 0 Å². The largest absolute Gasteiger partial charge is 0.504 e. The molecule has 0 saturated carbocycles. The molecular weight excluding hydrogens is 250 g/mol. The number of benzene rings is 2. The zero-order valence-electron chi connectivity index (χ0n) is 11.3. The Labute approximate surface area is 118 Å². The second-order valence-corrected chi connectivity index (χ2v) is 5.32. The number of phenolic OH excluding ortho intramolecular Hbond substituents is 2. The maximum Gasteiger partial charge on any atom is 0.157 e. The van der Waals surface area contributed by atoms with E-state index in [0.29, 0.717) is 0 Å². The van der Waals surface area contributed by atoms with Gasteiger partial charge in [-0.2, -0.15) is 0 Å². The van der Waals surface area contributed by atoms with Crippen molar-refractivity contribution in [1.82, 2.24) is 5.32 Å². The third kappa shape index (κ3) is 2.63. The summed E-state index contributed by atoms with van der Waals surface area (Å²) in [4.78, 5) is 0. The van der Waals surface area contributed by atoms with Crippen molar-refractivity contribution in [3.8, 4) is 11.5 Å². The van der Waals surface area contributed by atoms with Crippen LogP contribution < -0.4 is 5.32 Å². The van der Waals surface area contributed by atoms with Crippen molar-refractivity contribution < 1.29 is 10.2 Å². The van der Waals surface area contributed by atoms with E-state index in [1.165, 1.54) is 5.56 Å². The molecule has 0 amide bonds. The van der Waals surface area contributed by atoms with E-state index in [4.69, 9.17) is 0 Å². The van der Waals surface area contributed by atoms with Crippen LogP contribution in [0.1, 0.15) is 29.2 Å². The second-order valence-electron chi connectivity index (χ2n) is 5.32.